The molecule has 0 radical (unpaired) electrons. The maximum atomic E-state index is 12.2. The summed E-state index contributed by atoms with van der Waals surface area (Å²) >= 11 is 13.2. The first kappa shape index (κ1) is 21.1. The van der Waals surface area contributed by atoms with Gasteiger partial charge in [0.15, 0.2) is 0 Å². The van der Waals surface area contributed by atoms with Crippen molar-refractivity contribution >= 4 is 57.3 Å². The van der Waals surface area contributed by atoms with Gasteiger partial charge in [0, 0.05) is 16.0 Å². The molecule has 2 amide bonds. The minimum absolute atomic E-state index is 0.144. The van der Waals surface area contributed by atoms with Gasteiger partial charge in [-0.25, -0.2) is 4.52 Å². The summed E-state index contributed by atoms with van der Waals surface area (Å²) in [4.78, 5) is 29.4. The van der Waals surface area contributed by atoms with E-state index in [0.29, 0.717) is 9.98 Å². The van der Waals surface area contributed by atoms with Gasteiger partial charge in [-0.15, -0.1) is 16.4 Å². The van der Waals surface area contributed by atoms with Crippen LogP contribution in [0.3, 0.4) is 0 Å². The number of ether oxygens (including phenoxy) is 1. The molecular formula is C20H15Cl2N5O3S. The Bertz CT molecular complexity index is 1270. The first-order valence-corrected chi connectivity index (χ1v) is 10.6. The van der Waals surface area contributed by atoms with Crippen LogP contribution in [0.4, 0.5) is 5.95 Å². The van der Waals surface area contributed by atoms with E-state index in [2.05, 4.69) is 20.7 Å². The summed E-state index contributed by atoms with van der Waals surface area (Å²) in [5, 5.41) is 12.0. The maximum absolute atomic E-state index is 12.2. The third-order valence-corrected chi connectivity index (χ3v) is 5.67. The summed E-state index contributed by atoms with van der Waals surface area (Å²) < 4.78 is 6.83. The van der Waals surface area contributed by atoms with Crippen molar-refractivity contribution in [2.45, 2.75) is 0 Å². The number of nitrogens with one attached hydrogen (secondary N) is 2. The average molecular weight is 476 g/mol. The number of nitrogens with zero attached hydrogens (tertiary/aromatic N) is 3. The lowest BCUT2D eigenvalue weighted by Crippen LogP contribution is -2.33. The Labute approximate surface area is 190 Å². The molecule has 158 valence electrons. The normalized spacial score (nSPS) is 10.8. The first-order chi connectivity index (χ1) is 14.9. The summed E-state index contributed by atoms with van der Waals surface area (Å²) in [6.07, 6.45) is 0. The highest BCUT2D eigenvalue weighted by molar-refractivity contribution is 7.15. The molecule has 2 aromatic heterocycles. The topological polar surface area (TPSA) is 97.6 Å². The number of carbonyl (C=O) groups is 2. The molecule has 31 heavy (non-hydrogen) atoms. The van der Waals surface area contributed by atoms with Gasteiger partial charge < -0.3 is 10.1 Å². The van der Waals surface area contributed by atoms with Gasteiger partial charge in [0.1, 0.15) is 5.75 Å². The van der Waals surface area contributed by atoms with E-state index in [1.165, 1.54) is 23.5 Å². The van der Waals surface area contributed by atoms with Crippen molar-refractivity contribution in [2.24, 2.45) is 0 Å². The van der Waals surface area contributed by atoms with E-state index in [-0.39, 0.29) is 23.1 Å². The van der Waals surface area contributed by atoms with E-state index in [0.717, 1.165) is 17.0 Å². The molecule has 0 saturated carbocycles. The fourth-order valence-electron chi connectivity index (χ4n) is 2.79. The summed E-state index contributed by atoms with van der Waals surface area (Å²) in [6.45, 7) is -0.268. The monoisotopic (exact) mass is 475 g/mol. The highest BCUT2D eigenvalue weighted by Gasteiger charge is 2.15. The number of carbonyl (C=O) groups excluding carboxylic acids is 2. The average Bonchev–Trinajstić information content (AvgIpc) is 3.32. The smallest absolute Gasteiger partial charge is 0.253 e. The van der Waals surface area contributed by atoms with Crippen LogP contribution in [0.15, 0.2) is 47.8 Å². The van der Waals surface area contributed by atoms with E-state index < -0.39 is 11.8 Å². The summed E-state index contributed by atoms with van der Waals surface area (Å²) in [7, 11) is 1.61. The quantitative estimate of drug-likeness (QED) is 0.436. The van der Waals surface area contributed by atoms with Crippen molar-refractivity contribution in [3.8, 4) is 17.0 Å². The summed E-state index contributed by atoms with van der Waals surface area (Å²) in [6, 6.07) is 12.0. The minimum Gasteiger partial charge on any atom is -0.497 e. The highest BCUT2D eigenvalue weighted by atomic mass is 35.5. The number of methoxy groups -OCH3 is 1. The Morgan fingerprint density at radius 2 is 1.94 bits per heavy atom. The molecule has 0 aliphatic rings. The Balaban J connectivity index is 1.42. The number of aromatic nitrogens is 3. The number of hydrogen-bond donors (Lipinski definition) is 2. The van der Waals surface area contributed by atoms with Crippen molar-refractivity contribution in [1.29, 1.82) is 0 Å². The van der Waals surface area contributed by atoms with Crippen LogP contribution in [0, 0.1) is 0 Å². The second-order valence-corrected chi connectivity index (χ2v) is 8.01. The molecule has 0 aliphatic carbocycles. The van der Waals surface area contributed by atoms with E-state index in [1.54, 1.807) is 17.7 Å². The van der Waals surface area contributed by atoms with Gasteiger partial charge in [-0.1, -0.05) is 23.2 Å². The molecule has 0 unspecified atom stereocenters. The SMILES string of the molecule is COc1ccc(-c2csc3nc(NC(=O)CNC(=O)c4ccc(Cl)cc4Cl)nn23)cc1. The molecule has 0 spiro atoms. The molecule has 0 bridgehead atoms. The zero-order valence-electron chi connectivity index (χ0n) is 16.1. The van der Waals surface area contributed by atoms with Crippen molar-refractivity contribution in [3.05, 3.63) is 63.5 Å². The Hall–Kier alpha value is -3.14. The summed E-state index contributed by atoms with van der Waals surface area (Å²) in [5.74, 6) is -0.0610. The standard InChI is InChI=1S/C20H15Cl2N5O3S/c1-30-13-5-2-11(3-6-13)16-10-31-20-25-19(26-27(16)20)24-17(28)9-23-18(29)14-7-4-12(21)8-15(14)22/h2-8,10H,9H2,1H3,(H,23,29)(H,24,26,28). The van der Waals surface area contributed by atoms with Crippen LogP contribution in [-0.2, 0) is 4.79 Å². The lowest BCUT2D eigenvalue weighted by Gasteiger charge is -2.06. The molecule has 2 heterocycles. The van der Waals surface area contributed by atoms with E-state index >= 15 is 0 Å². The van der Waals surface area contributed by atoms with Crippen LogP contribution in [-0.4, -0.2) is 40.1 Å². The zero-order chi connectivity index (χ0) is 22.0. The van der Waals surface area contributed by atoms with Gasteiger partial charge in [-0.05, 0) is 42.5 Å². The third kappa shape index (κ3) is 4.63. The molecule has 0 aliphatic heterocycles. The lowest BCUT2D eigenvalue weighted by molar-refractivity contribution is -0.115. The maximum Gasteiger partial charge on any atom is 0.253 e. The second kappa shape index (κ2) is 8.93. The molecule has 2 aromatic carbocycles. The number of rotatable bonds is 6. The molecule has 0 fully saturated rings. The molecular weight excluding hydrogens is 461 g/mol. The van der Waals surface area contributed by atoms with Gasteiger partial charge >= 0.3 is 0 Å². The molecule has 0 atom stereocenters. The van der Waals surface area contributed by atoms with Gasteiger partial charge in [0.05, 0.1) is 29.9 Å². The molecule has 4 aromatic rings. The van der Waals surface area contributed by atoms with Gasteiger partial charge in [-0.3, -0.25) is 14.9 Å². The number of benzene rings is 2. The fourth-order valence-corrected chi connectivity index (χ4v) is 4.12. The number of anilines is 1. The van der Waals surface area contributed by atoms with Gasteiger partial charge in [-0.2, -0.15) is 4.98 Å². The molecule has 2 N–H and O–H groups in total. The molecule has 4 rings (SSSR count). The van der Waals surface area contributed by atoms with Gasteiger partial charge in [0.2, 0.25) is 10.9 Å². The lowest BCUT2D eigenvalue weighted by atomic mass is 10.2. The third-order valence-electron chi connectivity index (χ3n) is 4.30. The van der Waals surface area contributed by atoms with Crippen molar-refractivity contribution in [2.75, 3.05) is 19.0 Å². The van der Waals surface area contributed by atoms with Crippen molar-refractivity contribution in [1.82, 2.24) is 19.9 Å². The number of amides is 2. The number of hydrogen-bond acceptors (Lipinski definition) is 6. The Kier molecular flexibility index (Phi) is 6.08. The number of halogens is 2. The van der Waals surface area contributed by atoms with Crippen molar-refractivity contribution < 1.29 is 14.3 Å². The van der Waals surface area contributed by atoms with Crippen LogP contribution in [0.25, 0.3) is 16.2 Å². The molecule has 8 nitrogen and oxygen atoms in total. The minimum atomic E-state index is -0.489. The predicted molar refractivity (Wildman–Crippen MR) is 120 cm³/mol. The predicted octanol–water partition coefficient (Wildman–Crippen LogP) is 4.14. The molecule has 11 heteroatoms. The summed E-state index contributed by atoms with van der Waals surface area (Å²) in [5.41, 5.74) is 1.99. The van der Waals surface area contributed by atoms with Crippen molar-refractivity contribution in [3.63, 3.8) is 0 Å². The first-order valence-electron chi connectivity index (χ1n) is 8.96. The largest absolute Gasteiger partial charge is 0.497 e. The Morgan fingerprint density at radius 1 is 1.16 bits per heavy atom. The van der Waals surface area contributed by atoms with Crippen LogP contribution in [0.1, 0.15) is 10.4 Å². The highest BCUT2D eigenvalue weighted by Crippen LogP contribution is 2.27. The number of fused-ring (bicyclic) bond motifs is 1. The van der Waals surface area contributed by atoms with Crippen LogP contribution < -0.4 is 15.4 Å². The van der Waals surface area contributed by atoms with Crippen LogP contribution in [0.5, 0.6) is 5.75 Å². The van der Waals surface area contributed by atoms with Crippen LogP contribution >= 0.6 is 34.5 Å². The van der Waals surface area contributed by atoms with E-state index in [9.17, 15) is 9.59 Å². The zero-order valence-corrected chi connectivity index (χ0v) is 18.4. The van der Waals surface area contributed by atoms with Gasteiger partial charge in [0.25, 0.3) is 11.9 Å². The molecule has 0 saturated heterocycles. The van der Waals surface area contributed by atoms with E-state index in [4.69, 9.17) is 27.9 Å². The van der Waals surface area contributed by atoms with E-state index in [1.807, 2.05) is 29.6 Å². The second-order valence-electron chi connectivity index (χ2n) is 6.33. The Morgan fingerprint density at radius 3 is 2.65 bits per heavy atom. The number of thiazole rings is 1. The fraction of sp³-hybridized carbons (Fsp3) is 0.100. The van der Waals surface area contributed by atoms with Crippen LogP contribution in [0.2, 0.25) is 10.0 Å².